The van der Waals surface area contributed by atoms with Crippen LogP contribution in [0.4, 0.5) is 0 Å². The van der Waals surface area contributed by atoms with Gasteiger partial charge in [-0.3, -0.25) is 0 Å². The van der Waals surface area contributed by atoms with E-state index >= 15 is 0 Å². The summed E-state index contributed by atoms with van der Waals surface area (Å²) in [4.78, 5) is 0. The van der Waals surface area contributed by atoms with Crippen LogP contribution >= 0.6 is 0 Å². The van der Waals surface area contributed by atoms with Gasteiger partial charge in [0.2, 0.25) is 0 Å². The van der Waals surface area contributed by atoms with E-state index in [-0.39, 0.29) is 0 Å². The molecule has 1 saturated carbocycles. The van der Waals surface area contributed by atoms with Gasteiger partial charge in [-0.15, -0.1) is 0 Å². The predicted octanol–water partition coefficient (Wildman–Crippen LogP) is 3.02. The Morgan fingerprint density at radius 2 is 2.22 bits per heavy atom. The van der Waals surface area contributed by atoms with E-state index in [1.807, 2.05) is 6.07 Å². The standard InChI is InChI=1S/C15H18N2O/c1-11-3-2-4-12(7-11)13-8-15(9-13)16-10-14-5-6-18-17-14/h2-7,13,15-16H,8-10H2,1H3. The highest BCUT2D eigenvalue weighted by atomic mass is 16.5. The summed E-state index contributed by atoms with van der Waals surface area (Å²) in [5.41, 5.74) is 3.81. The fourth-order valence-corrected chi connectivity index (χ4v) is 2.56. The maximum Gasteiger partial charge on any atom is 0.124 e. The molecule has 1 N–H and O–H groups in total. The van der Waals surface area contributed by atoms with E-state index in [9.17, 15) is 0 Å². The SMILES string of the molecule is Cc1cccc(C2CC(NCc3ccon3)C2)c1. The van der Waals surface area contributed by atoms with Gasteiger partial charge in [-0.05, 0) is 31.2 Å². The van der Waals surface area contributed by atoms with Crippen LogP contribution in [-0.2, 0) is 6.54 Å². The van der Waals surface area contributed by atoms with Crippen LogP contribution in [0, 0.1) is 6.92 Å². The van der Waals surface area contributed by atoms with E-state index < -0.39 is 0 Å². The third-order valence-corrected chi connectivity index (χ3v) is 3.71. The Morgan fingerprint density at radius 3 is 2.94 bits per heavy atom. The number of aromatic nitrogens is 1. The fourth-order valence-electron chi connectivity index (χ4n) is 2.56. The molecule has 1 aromatic heterocycles. The van der Waals surface area contributed by atoms with Crippen LogP contribution in [0.2, 0.25) is 0 Å². The molecule has 1 aliphatic rings. The summed E-state index contributed by atoms with van der Waals surface area (Å²) < 4.78 is 4.81. The van der Waals surface area contributed by atoms with Crippen molar-refractivity contribution in [2.45, 2.75) is 38.3 Å². The normalized spacial score (nSPS) is 22.7. The molecule has 0 spiro atoms. The first-order valence-corrected chi connectivity index (χ1v) is 6.50. The highest BCUT2D eigenvalue weighted by molar-refractivity contribution is 5.27. The Kier molecular flexibility index (Phi) is 3.15. The number of nitrogens with one attached hydrogen (secondary N) is 1. The maximum atomic E-state index is 4.81. The second-order valence-corrected chi connectivity index (χ2v) is 5.15. The Bertz CT molecular complexity index is 501. The van der Waals surface area contributed by atoms with E-state index in [0.717, 1.165) is 18.2 Å². The minimum absolute atomic E-state index is 0.618. The van der Waals surface area contributed by atoms with Crippen molar-refractivity contribution < 1.29 is 4.52 Å². The summed E-state index contributed by atoms with van der Waals surface area (Å²) in [6.07, 6.45) is 4.07. The van der Waals surface area contributed by atoms with Crippen LogP contribution in [0.3, 0.4) is 0 Å². The monoisotopic (exact) mass is 242 g/mol. The maximum absolute atomic E-state index is 4.81. The van der Waals surface area contributed by atoms with Crippen LogP contribution < -0.4 is 5.32 Å². The van der Waals surface area contributed by atoms with E-state index in [1.54, 1.807) is 6.26 Å². The van der Waals surface area contributed by atoms with Crippen molar-refractivity contribution in [2.75, 3.05) is 0 Å². The molecule has 3 nitrogen and oxygen atoms in total. The molecule has 3 rings (SSSR count). The second-order valence-electron chi connectivity index (χ2n) is 5.15. The van der Waals surface area contributed by atoms with E-state index in [0.29, 0.717) is 6.04 Å². The van der Waals surface area contributed by atoms with E-state index in [2.05, 4.69) is 41.7 Å². The Morgan fingerprint density at radius 1 is 1.33 bits per heavy atom. The lowest BCUT2D eigenvalue weighted by molar-refractivity contribution is 0.286. The number of benzene rings is 1. The highest BCUT2D eigenvalue weighted by Crippen LogP contribution is 2.37. The van der Waals surface area contributed by atoms with Crippen molar-refractivity contribution >= 4 is 0 Å². The highest BCUT2D eigenvalue weighted by Gasteiger charge is 2.29. The van der Waals surface area contributed by atoms with Gasteiger partial charge in [0.25, 0.3) is 0 Å². The predicted molar refractivity (Wildman–Crippen MR) is 70.3 cm³/mol. The van der Waals surface area contributed by atoms with E-state index in [1.165, 1.54) is 24.0 Å². The molecule has 1 aliphatic carbocycles. The third-order valence-electron chi connectivity index (χ3n) is 3.71. The van der Waals surface area contributed by atoms with Crippen molar-refractivity contribution in [1.82, 2.24) is 10.5 Å². The van der Waals surface area contributed by atoms with Gasteiger partial charge < -0.3 is 9.84 Å². The summed E-state index contributed by atoms with van der Waals surface area (Å²) in [6, 6.07) is 11.4. The lowest BCUT2D eigenvalue weighted by atomic mass is 9.75. The summed E-state index contributed by atoms with van der Waals surface area (Å²) >= 11 is 0. The van der Waals surface area contributed by atoms with Crippen molar-refractivity contribution in [1.29, 1.82) is 0 Å². The van der Waals surface area contributed by atoms with Crippen LogP contribution in [0.15, 0.2) is 41.1 Å². The molecule has 0 saturated heterocycles. The molecule has 0 aliphatic heterocycles. The van der Waals surface area contributed by atoms with E-state index in [4.69, 9.17) is 4.52 Å². The molecule has 0 radical (unpaired) electrons. The molecule has 1 heterocycles. The minimum Gasteiger partial charge on any atom is -0.364 e. The number of nitrogens with zero attached hydrogens (tertiary/aromatic N) is 1. The Balaban J connectivity index is 1.48. The molecule has 2 aromatic rings. The quantitative estimate of drug-likeness (QED) is 0.895. The first-order chi connectivity index (χ1) is 8.81. The van der Waals surface area contributed by atoms with Gasteiger partial charge >= 0.3 is 0 Å². The molecule has 0 unspecified atom stereocenters. The first-order valence-electron chi connectivity index (χ1n) is 6.50. The van der Waals surface area contributed by atoms with Gasteiger partial charge in [-0.25, -0.2) is 0 Å². The van der Waals surface area contributed by atoms with Crippen molar-refractivity contribution in [3.63, 3.8) is 0 Å². The zero-order chi connectivity index (χ0) is 12.4. The lowest BCUT2D eigenvalue weighted by Gasteiger charge is -2.36. The molecular weight excluding hydrogens is 224 g/mol. The minimum atomic E-state index is 0.618. The van der Waals surface area contributed by atoms with Gasteiger partial charge in [0.15, 0.2) is 0 Å². The van der Waals surface area contributed by atoms with Crippen LogP contribution in [0.1, 0.15) is 35.6 Å². The van der Waals surface area contributed by atoms with Crippen molar-refractivity contribution in [3.8, 4) is 0 Å². The zero-order valence-electron chi connectivity index (χ0n) is 10.6. The summed E-state index contributed by atoms with van der Waals surface area (Å²) in [5.74, 6) is 0.722. The summed E-state index contributed by atoms with van der Waals surface area (Å²) in [6.45, 7) is 2.96. The third kappa shape index (κ3) is 2.46. The van der Waals surface area contributed by atoms with Gasteiger partial charge in [0.05, 0.1) is 5.69 Å². The summed E-state index contributed by atoms with van der Waals surface area (Å²) in [7, 11) is 0. The summed E-state index contributed by atoms with van der Waals surface area (Å²) in [5, 5.41) is 7.41. The number of hydrogen-bond acceptors (Lipinski definition) is 3. The average molecular weight is 242 g/mol. The van der Waals surface area contributed by atoms with Crippen LogP contribution in [0.25, 0.3) is 0 Å². The second kappa shape index (κ2) is 4.94. The number of rotatable bonds is 4. The largest absolute Gasteiger partial charge is 0.364 e. The molecule has 1 fully saturated rings. The zero-order valence-corrected chi connectivity index (χ0v) is 10.6. The molecule has 3 heteroatoms. The van der Waals surface area contributed by atoms with Gasteiger partial charge in [-0.1, -0.05) is 35.0 Å². The molecule has 0 amide bonds. The molecule has 94 valence electrons. The van der Waals surface area contributed by atoms with Gasteiger partial charge in [-0.2, -0.15) is 0 Å². The van der Waals surface area contributed by atoms with Crippen molar-refractivity contribution in [2.24, 2.45) is 0 Å². The molecular formula is C15H18N2O. The van der Waals surface area contributed by atoms with Gasteiger partial charge in [0.1, 0.15) is 6.26 Å². The first kappa shape index (κ1) is 11.5. The molecule has 18 heavy (non-hydrogen) atoms. The van der Waals surface area contributed by atoms with Gasteiger partial charge in [0, 0.05) is 18.7 Å². The Hall–Kier alpha value is -1.61. The number of hydrogen-bond donors (Lipinski definition) is 1. The molecule has 0 atom stereocenters. The lowest BCUT2D eigenvalue weighted by Crippen LogP contribution is -2.39. The van der Waals surface area contributed by atoms with Crippen LogP contribution in [-0.4, -0.2) is 11.2 Å². The number of aryl methyl sites for hydroxylation is 1. The van der Waals surface area contributed by atoms with Crippen LogP contribution in [0.5, 0.6) is 0 Å². The fraction of sp³-hybridized carbons (Fsp3) is 0.400. The van der Waals surface area contributed by atoms with Crippen molar-refractivity contribution in [3.05, 3.63) is 53.4 Å². The topological polar surface area (TPSA) is 38.1 Å². The molecule has 0 bridgehead atoms. The molecule has 1 aromatic carbocycles. The average Bonchev–Trinajstić information content (AvgIpc) is 2.80. The Labute approximate surface area is 107 Å². The smallest absolute Gasteiger partial charge is 0.124 e.